The molecule has 4 rings (SSSR count). The predicted octanol–water partition coefficient (Wildman–Crippen LogP) is 3.73. The predicted molar refractivity (Wildman–Crippen MR) is 119 cm³/mol. The Morgan fingerprint density at radius 1 is 0.812 bits per heavy atom. The Balaban J connectivity index is 1.77. The van der Waals surface area contributed by atoms with Crippen LogP contribution in [0.4, 0.5) is 0 Å². The van der Waals surface area contributed by atoms with Crippen LogP contribution in [-0.2, 0) is 9.59 Å². The largest absolute Gasteiger partial charge is 0.497 e. The maximum Gasteiger partial charge on any atom is 0.225 e. The lowest BCUT2D eigenvalue weighted by Gasteiger charge is -2.35. The van der Waals surface area contributed by atoms with E-state index in [-0.39, 0.29) is 29.9 Å². The maximum atomic E-state index is 13.5. The fourth-order valence-electron chi connectivity index (χ4n) is 4.79. The molecule has 2 aliphatic rings. The molecule has 32 heavy (non-hydrogen) atoms. The third-order valence-electron chi connectivity index (χ3n) is 6.22. The van der Waals surface area contributed by atoms with Crippen LogP contribution in [0.25, 0.3) is 0 Å². The summed E-state index contributed by atoms with van der Waals surface area (Å²) in [5, 5.41) is 2.96. The van der Waals surface area contributed by atoms with Gasteiger partial charge in [0.15, 0.2) is 17.3 Å². The molecule has 0 aromatic heterocycles. The minimum atomic E-state index is -0.385. The number of Topliss-reactive ketones (excluding diaryl/α,β-unsaturated/α-hetero) is 1. The lowest BCUT2D eigenvalue weighted by atomic mass is 9.73. The highest BCUT2D eigenvalue weighted by atomic mass is 16.5. The van der Waals surface area contributed by atoms with E-state index in [2.05, 4.69) is 5.32 Å². The zero-order valence-corrected chi connectivity index (χ0v) is 18.7. The second kappa shape index (κ2) is 8.94. The minimum absolute atomic E-state index is 0.0102. The Morgan fingerprint density at radius 3 is 2.28 bits per heavy atom. The molecule has 7 nitrogen and oxygen atoms in total. The molecule has 0 spiro atoms. The van der Waals surface area contributed by atoms with Crippen molar-refractivity contribution in [2.75, 3.05) is 28.4 Å². The summed E-state index contributed by atoms with van der Waals surface area (Å²) < 4.78 is 21.9. The van der Waals surface area contributed by atoms with Crippen LogP contribution in [-0.4, -0.2) is 40.1 Å². The standard InChI is InChI=1S/C25H27NO6/c1-29-15-8-9-21(30-2)17(12-15)14-10-19-24(20(27)11-14)18(13-23(28)26-19)16-6-5-7-22(31-3)25(16)32-4/h5-9,12,14,18H,10-11,13H2,1-4H3,(H,26,28)/t14-,18-/m0/s1. The Labute approximate surface area is 187 Å². The molecule has 2 aromatic carbocycles. The van der Waals surface area contributed by atoms with Crippen LogP contribution < -0.4 is 24.3 Å². The van der Waals surface area contributed by atoms with E-state index in [1.165, 1.54) is 0 Å². The molecule has 1 N–H and O–H groups in total. The summed E-state index contributed by atoms with van der Waals surface area (Å²) in [5.74, 6) is 1.88. The van der Waals surface area contributed by atoms with Crippen molar-refractivity contribution in [3.05, 3.63) is 58.8 Å². The molecule has 0 saturated carbocycles. The van der Waals surface area contributed by atoms with Gasteiger partial charge in [-0.05, 0) is 30.7 Å². The summed E-state index contributed by atoms with van der Waals surface area (Å²) >= 11 is 0. The van der Waals surface area contributed by atoms with Crippen LogP contribution in [0, 0.1) is 0 Å². The number of hydrogen-bond acceptors (Lipinski definition) is 6. The fourth-order valence-corrected chi connectivity index (χ4v) is 4.79. The monoisotopic (exact) mass is 437 g/mol. The van der Waals surface area contributed by atoms with Gasteiger partial charge in [0.05, 0.1) is 28.4 Å². The highest BCUT2D eigenvalue weighted by molar-refractivity contribution is 6.02. The van der Waals surface area contributed by atoms with Crippen molar-refractivity contribution in [3.63, 3.8) is 0 Å². The number of ether oxygens (including phenoxy) is 4. The summed E-state index contributed by atoms with van der Waals surface area (Å²) in [7, 11) is 6.34. The topological polar surface area (TPSA) is 83.1 Å². The zero-order valence-electron chi connectivity index (χ0n) is 18.7. The van der Waals surface area contributed by atoms with Gasteiger partial charge in [0, 0.05) is 47.1 Å². The average molecular weight is 437 g/mol. The van der Waals surface area contributed by atoms with Crippen molar-refractivity contribution in [3.8, 4) is 23.0 Å². The number of rotatable bonds is 6. The molecule has 0 unspecified atom stereocenters. The van der Waals surface area contributed by atoms with Gasteiger partial charge >= 0.3 is 0 Å². The van der Waals surface area contributed by atoms with Crippen molar-refractivity contribution in [1.82, 2.24) is 5.32 Å². The van der Waals surface area contributed by atoms with Gasteiger partial charge in [0.25, 0.3) is 0 Å². The first-order chi connectivity index (χ1) is 15.5. The van der Waals surface area contributed by atoms with Gasteiger partial charge in [-0.25, -0.2) is 0 Å². The molecule has 0 radical (unpaired) electrons. The Morgan fingerprint density at radius 2 is 1.59 bits per heavy atom. The number of methoxy groups -OCH3 is 4. The molecule has 1 heterocycles. The number of amides is 1. The molecule has 168 valence electrons. The van der Waals surface area contributed by atoms with Gasteiger partial charge in [0.2, 0.25) is 5.91 Å². The van der Waals surface area contributed by atoms with Crippen molar-refractivity contribution >= 4 is 11.7 Å². The van der Waals surface area contributed by atoms with Gasteiger partial charge in [-0.1, -0.05) is 12.1 Å². The lowest BCUT2D eigenvalue weighted by Crippen LogP contribution is -2.38. The molecule has 2 atom stereocenters. The first-order valence-corrected chi connectivity index (χ1v) is 10.5. The van der Waals surface area contributed by atoms with Crippen molar-refractivity contribution in [2.24, 2.45) is 0 Å². The summed E-state index contributed by atoms with van der Waals surface area (Å²) in [6.45, 7) is 0. The second-order valence-electron chi connectivity index (χ2n) is 7.92. The van der Waals surface area contributed by atoms with E-state index >= 15 is 0 Å². The van der Waals surface area contributed by atoms with Gasteiger partial charge in [-0.2, -0.15) is 0 Å². The molecule has 0 fully saturated rings. The molecular weight excluding hydrogens is 410 g/mol. The molecule has 2 aromatic rings. The number of benzene rings is 2. The van der Waals surface area contributed by atoms with E-state index in [0.29, 0.717) is 47.1 Å². The molecule has 1 aliphatic carbocycles. The Bertz CT molecular complexity index is 1090. The van der Waals surface area contributed by atoms with E-state index < -0.39 is 0 Å². The lowest BCUT2D eigenvalue weighted by molar-refractivity contribution is -0.122. The highest BCUT2D eigenvalue weighted by Gasteiger charge is 2.40. The summed E-state index contributed by atoms with van der Waals surface area (Å²) in [5.41, 5.74) is 2.98. The van der Waals surface area contributed by atoms with E-state index in [1.807, 2.05) is 30.3 Å². The Kier molecular flexibility index (Phi) is 6.08. The third-order valence-corrected chi connectivity index (χ3v) is 6.22. The van der Waals surface area contributed by atoms with Crippen LogP contribution in [0.3, 0.4) is 0 Å². The first kappa shape index (κ1) is 21.7. The van der Waals surface area contributed by atoms with Crippen molar-refractivity contribution < 1.29 is 28.5 Å². The zero-order chi connectivity index (χ0) is 22.8. The van der Waals surface area contributed by atoms with Crippen LogP contribution >= 0.6 is 0 Å². The number of carbonyl (C=O) groups is 2. The van der Waals surface area contributed by atoms with Crippen molar-refractivity contribution in [1.29, 1.82) is 0 Å². The maximum absolute atomic E-state index is 13.5. The molecule has 0 saturated heterocycles. The first-order valence-electron chi connectivity index (χ1n) is 10.5. The van der Waals surface area contributed by atoms with Gasteiger partial charge < -0.3 is 24.3 Å². The van der Waals surface area contributed by atoms with Gasteiger partial charge in [-0.15, -0.1) is 0 Å². The number of hydrogen-bond donors (Lipinski definition) is 1. The summed E-state index contributed by atoms with van der Waals surface area (Å²) in [6, 6.07) is 11.1. The molecule has 1 aliphatic heterocycles. The second-order valence-corrected chi connectivity index (χ2v) is 7.92. The van der Waals surface area contributed by atoms with Crippen LogP contribution in [0.5, 0.6) is 23.0 Å². The average Bonchev–Trinajstić information content (AvgIpc) is 2.81. The fraction of sp³-hybridized carbons (Fsp3) is 0.360. The summed E-state index contributed by atoms with van der Waals surface area (Å²) in [4.78, 5) is 26.1. The van der Waals surface area contributed by atoms with Crippen molar-refractivity contribution in [2.45, 2.75) is 31.1 Å². The number of allylic oxidation sites excluding steroid dienone is 2. The van der Waals surface area contributed by atoms with E-state index in [0.717, 1.165) is 11.1 Å². The van der Waals surface area contributed by atoms with E-state index in [9.17, 15) is 9.59 Å². The van der Waals surface area contributed by atoms with Gasteiger partial charge in [0.1, 0.15) is 11.5 Å². The van der Waals surface area contributed by atoms with Crippen LogP contribution in [0.1, 0.15) is 42.2 Å². The number of ketones is 1. The molecule has 0 bridgehead atoms. The van der Waals surface area contributed by atoms with Gasteiger partial charge in [-0.3, -0.25) is 9.59 Å². The summed E-state index contributed by atoms with van der Waals surface area (Å²) in [6.07, 6.45) is 1.03. The smallest absolute Gasteiger partial charge is 0.225 e. The molecular formula is C25H27NO6. The minimum Gasteiger partial charge on any atom is -0.497 e. The number of para-hydroxylation sites is 1. The van der Waals surface area contributed by atoms with Crippen LogP contribution in [0.15, 0.2) is 47.7 Å². The normalized spacial score (nSPS) is 20.4. The Hall–Kier alpha value is -3.48. The SMILES string of the molecule is COc1ccc(OC)c([C@@H]2CC(=O)C3=C(C2)NC(=O)C[C@H]3c2cccc(OC)c2OC)c1. The molecule has 1 amide bonds. The highest BCUT2D eigenvalue weighted by Crippen LogP contribution is 2.47. The van der Waals surface area contributed by atoms with E-state index in [4.69, 9.17) is 18.9 Å². The third kappa shape index (κ3) is 3.79. The van der Waals surface area contributed by atoms with Crippen LogP contribution in [0.2, 0.25) is 0 Å². The molecule has 7 heteroatoms. The number of nitrogens with one attached hydrogen (secondary N) is 1. The van der Waals surface area contributed by atoms with E-state index in [1.54, 1.807) is 34.5 Å². The number of carbonyl (C=O) groups excluding carboxylic acids is 2. The quantitative estimate of drug-likeness (QED) is 0.742.